The summed E-state index contributed by atoms with van der Waals surface area (Å²) in [7, 11) is -3.85. The van der Waals surface area contributed by atoms with Crippen molar-refractivity contribution in [1.82, 2.24) is 4.72 Å². The molecule has 7 heteroatoms. The molecule has 0 unspecified atom stereocenters. The maximum absolute atomic E-state index is 12.9. The minimum absolute atomic E-state index is 0.00438. The van der Waals surface area contributed by atoms with E-state index in [0.29, 0.717) is 11.8 Å². The summed E-state index contributed by atoms with van der Waals surface area (Å²) >= 11 is 0. The second-order valence-electron chi connectivity index (χ2n) is 8.18. The van der Waals surface area contributed by atoms with Gasteiger partial charge in [-0.25, -0.2) is 13.1 Å². The molecule has 0 saturated heterocycles. The Labute approximate surface area is 167 Å². The number of nitrogens with zero attached hydrogens (tertiary/aromatic N) is 1. The van der Waals surface area contributed by atoms with Gasteiger partial charge in [-0.2, -0.15) is 0 Å². The molecule has 0 fully saturated rings. The largest absolute Gasteiger partial charge is 0.269 e. The molecule has 0 bridgehead atoms. The van der Waals surface area contributed by atoms with E-state index < -0.39 is 20.5 Å². The first-order valence-corrected chi connectivity index (χ1v) is 10.8. The van der Waals surface area contributed by atoms with Crippen LogP contribution in [-0.2, 0) is 15.6 Å². The predicted octanol–water partition coefficient (Wildman–Crippen LogP) is 5.06. The van der Waals surface area contributed by atoms with Gasteiger partial charge >= 0.3 is 0 Å². The number of hydrogen-bond acceptors (Lipinski definition) is 4. The summed E-state index contributed by atoms with van der Waals surface area (Å²) in [6, 6.07) is 11.1. The topological polar surface area (TPSA) is 89.3 Å². The van der Waals surface area contributed by atoms with E-state index in [1.54, 1.807) is 0 Å². The lowest BCUT2D eigenvalue weighted by Crippen LogP contribution is -2.41. The predicted molar refractivity (Wildman–Crippen MR) is 111 cm³/mol. The highest BCUT2D eigenvalue weighted by Gasteiger charge is 2.29. The number of sulfonamides is 1. The van der Waals surface area contributed by atoms with Gasteiger partial charge in [-0.3, -0.25) is 10.1 Å². The fourth-order valence-electron chi connectivity index (χ4n) is 2.90. The van der Waals surface area contributed by atoms with Crippen LogP contribution >= 0.6 is 0 Å². The van der Waals surface area contributed by atoms with Crippen molar-refractivity contribution in [3.05, 3.63) is 69.3 Å². The van der Waals surface area contributed by atoms with Crippen molar-refractivity contribution in [3.63, 3.8) is 0 Å². The third-order valence-electron chi connectivity index (χ3n) is 4.78. The van der Waals surface area contributed by atoms with Gasteiger partial charge in [0.2, 0.25) is 10.0 Å². The number of benzene rings is 2. The zero-order chi connectivity index (χ0) is 21.3. The molecule has 0 aliphatic heterocycles. The average molecular weight is 405 g/mol. The van der Waals surface area contributed by atoms with E-state index >= 15 is 0 Å². The smallest absolute Gasteiger partial charge is 0.258 e. The van der Waals surface area contributed by atoms with Crippen molar-refractivity contribution < 1.29 is 13.3 Å². The van der Waals surface area contributed by atoms with Crippen LogP contribution in [0.3, 0.4) is 0 Å². The summed E-state index contributed by atoms with van der Waals surface area (Å²) < 4.78 is 28.5. The summed E-state index contributed by atoms with van der Waals surface area (Å²) in [5, 5.41) is 10.8. The van der Waals surface area contributed by atoms with Gasteiger partial charge < -0.3 is 0 Å². The molecule has 2 rings (SSSR count). The molecule has 0 aromatic heterocycles. The minimum atomic E-state index is -3.85. The van der Waals surface area contributed by atoms with E-state index in [4.69, 9.17) is 0 Å². The molecule has 0 heterocycles. The van der Waals surface area contributed by atoms with Gasteiger partial charge in [0.1, 0.15) is 0 Å². The molecular formula is C21H28N2O4S. The lowest BCUT2D eigenvalue weighted by molar-refractivity contribution is -0.384. The highest BCUT2D eigenvalue weighted by Crippen LogP contribution is 2.30. The van der Waals surface area contributed by atoms with Crippen LogP contribution in [0.1, 0.15) is 70.1 Å². The molecule has 0 aliphatic carbocycles. The SMILES string of the molecule is CC(C)c1cc(C(C)C)cc(C(C)(C)NS(=O)(=O)c2ccc([N+](=O)[O-])cc2)c1. The fraction of sp³-hybridized carbons (Fsp3) is 0.429. The molecule has 0 radical (unpaired) electrons. The number of non-ortho nitro benzene ring substituents is 1. The second kappa shape index (κ2) is 8.01. The van der Waals surface area contributed by atoms with Gasteiger partial charge in [0.15, 0.2) is 0 Å². The Kier molecular flexibility index (Phi) is 6.31. The molecule has 152 valence electrons. The van der Waals surface area contributed by atoms with Crippen LogP contribution in [0.15, 0.2) is 47.4 Å². The number of rotatable bonds is 7. The van der Waals surface area contributed by atoms with Crippen LogP contribution in [0.2, 0.25) is 0 Å². The Bertz CT molecular complexity index is 936. The highest BCUT2D eigenvalue weighted by atomic mass is 32.2. The normalized spacial score (nSPS) is 12.6. The first kappa shape index (κ1) is 22.0. The molecule has 0 amide bonds. The number of hydrogen-bond donors (Lipinski definition) is 1. The Morgan fingerprint density at radius 2 is 1.39 bits per heavy atom. The Morgan fingerprint density at radius 3 is 1.79 bits per heavy atom. The minimum Gasteiger partial charge on any atom is -0.258 e. The molecular weight excluding hydrogens is 376 g/mol. The van der Waals surface area contributed by atoms with Gasteiger partial charge in [-0.15, -0.1) is 0 Å². The zero-order valence-electron chi connectivity index (χ0n) is 17.2. The van der Waals surface area contributed by atoms with Crippen molar-refractivity contribution >= 4 is 15.7 Å². The van der Waals surface area contributed by atoms with E-state index in [1.165, 1.54) is 24.3 Å². The lowest BCUT2D eigenvalue weighted by Gasteiger charge is -2.28. The van der Waals surface area contributed by atoms with Crippen LogP contribution in [0.4, 0.5) is 5.69 Å². The Morgan fingerprint density at radius 1 is 0.929 bits per heavy atom. The molecule has 0 aliphatic rings. The van der Waals surface area contributed by atoms with Gasteiger partial charge in [0.05, 0.1) is 15.4 Å². The summed E-state index contributed by atoms with van der Waals surface area (Å²) in [6.45, 7) is 12.1. The molecule has 2 aromatic carbocycles. The van der Waals surface area contributed by atoms with Crippen LogP contribution < -0.4 is 4.72 Å². The van der Waals surface area contributed by atoms with Gasteiger partial charge in [-0.05, 0) is 54.5 Å². The number of nitrogens with one attached hydrogen (secondary N) is 1. The van der Waals surface area contributed by atoms with Crippen molar-refractivity contribution in [1.29, 1.82) is 0 Å². The van der Waals surface area contributed by atoms with Crippen LogP contribution in [-0.4, -0.2) is 13.3 Å². The van der Waals surface area contributed by atoms with E-state index in [2.05, 4.69) is 38.5 Å². The second-order valence-corrected chi connectivity index (χ2v) is 9.86. The molecule has 2 aromatic rings. The van der Waals surface area contributed by atoms with Crippen molar-refractivity contribution in [2.75, 3.05) is 0 Å². The number of nitro benzene ring substituents is 1. The molecule has 1 N–H and O–H groups in total. The zero-order valence-corrected chi connectivity index (χ0v) is 18.0. The maximum atomic E-state index is 12.9. The summed E-state index contributed by atoms with van der Waals surface area (Å²) in [5.74, 6) is 0.638. The van der Waals surface area contributed by atoms with Crippen molar-refractivity contribution in [2.45, 2.75) is 63.8 Å². The first-order valence-electron chi connectivity index (χ1n) is 9.27. The molecule has 0 atom stereocenters. The van der Waals surface area contributed by atoms with Gasteiger partial charge in [0, 0.05) is 12.1 Å². The van der Waals surface area contributed by atoms with Crippen LogP contribution in [0.25, 0.3) is 0 Å². The first-order chi connectivity index (χ1) is 12.8. The number of nitro groups is 1. The molecule has 6 nitrogen and oxygen atoms in total. The third kappa shape index (κ3) is 4.97. The highest BCUT2D eigenvalue weighted by molar-refractivity contribution is 7.89. The monoisotopic (exact) mass is 404 g/mol. The maximum Gasteiger partial charge on any atom is 0.269 e. The fourth-order valence-corrected chi connectivity index (χ4v) is 4.31. The summed E-state index contributed by atoms with van der Waals surface area (Å²) in [6.07, 6.45) is 0. The van der Waals surface area contributed by atoms with Crippen molar-refractivity contribution in [2.24, 2.45) is 0 Å². The van der Waals surface area contributed by atoms with E-state index in [-0.39, 0.29) is 10.6 Å². The summed E-state index contributed by atoms with van der Waals surface area (Å²) in [4.78, 5) is 10.2. The van der Waals surface area contributed by atoms with Crippen LogP contribution in [0.5, 0.6) is 0 Å². The third-order valence-corrected chi connectivity index (χ3v) is 6.45. The van der Waals surface area contributed by atoms with Crippen LogP contribution in [0, 0.1) is 10.1 Å². The molecule has 28 heavy (non-hydrogen) atoms. The molecule has 0 spiro atoms. The Hall–Kier alpha value is -2.25. The van der Waals surface area contributed by atoms with E-state index in [9.17, 15) is 18.5 Å². The summed E-state index contributed by atoms with van der Waals surface area (Å²) in [5.41, 5.74) is 2.19. The lowest BCUT2D eigenvalue weighted by atomic mass is 9.87. The van der Waals surface area contributed by atoms with E-state index in [1.807, 2.05) is 26.0 Å². The Balaban J connectivity index is 2.42. The molecule has 0 saturated carbocycles. The standard InChI is InChI=1S/C21H28N2O4S/c1-14(2)16-11-17(15(3)4)13-18(12-16)21(5,6)22-28(26,27)20-9-7-19(8-10-20)23(24)25/h7-15,22H,1-6H3. The van der Waals surface area contributed by atoms with E-state index in [0.717, 1.165) is 16.7 Å². The quantitative estimate of drug-likeness (QED) is 0.516. The van der Waals surface area contributed by atoms with Crippen molar-refractivity contribution in [3.8, 4) is 0 Å². The average Bonchev–Trinajstić information content (AvgIpc) is 2.60. The van der Waals surface area contributed by atoms with Gasteiger partial charge in [0.25, 0.3) is 5.69 Å². The van der Waals surface area contributed by atoms with Gasteiger partial charge in [-0.1, -0.05) is 45.9 Å².